The van der Waals surface area contributed by atoms with Crippen molar-refractivity contribution in [3.8, 4) is 0 Å². The number of aliphatic hydroxyl groups is 1. The van der Waals surface area contributed by atoms with Gasteiger partial charge in [0.2, 0.25) is 0 Å². The van der Waals surface area contributed by atoms with Gasteiger partial charge in [-0.25, -0.2) is 4.39 Å². The highest BCUT2D eigenvalue weighted by Gasteiger charge is 2.20. The van der Waals surface area contributed by atoms with Gasteiger partial charge in [0.25, 0.3) is 5.91 Å². The summed E-state index contributed by atoms with van der Waals surface area (Å²) in [5, 5.41) is 11.6. The molecule has 1 aromatic carbocycles. The molecule has 19 heavy (non-hydrogen) atoms. The average Bonchev–Trinajstić information content (AvgIpc) is 2.36. The summed E-state index contributed by atoms with van der Waals surface area (Å²) in [5.41, 5.74) is 0.822. The van der Waals surface area contributed by atoms with Crippen LogP contribution in [0.5, 0.6) is 0 Å². The number of carbonyl (C=O) groups excluding carboxylic acids is 1. The van der Waals surface area contributed by atoms with Crippen molar-refractivity contribution in [3.05, 3.63) is 35.1 Å². The number of aliphatic hydroxyl groups excluding tert-OH is 1. The number of nitrogens with one attached hydrogen (secondary N) is 1. The van der Waals surface area contributed by atoms with E-state index in [2.05, 4.69) is 5.32 Å². The van der Waals surface area contributed by atoms with Crippen LogP contribution in [0.1, 0.15) is 42.6 Å². The van der Waals surface area contributed by atoms with Gasteiger partial charge in [-0.15, -0.1) is 0 Å². The zero-order chi connectivity index (χ0) is 14.5. The Morgan fingerprint density at radius 2 is 2.11 bits per heavy atom. The fourth-order valence-electron chi connectivity index (χ4n) is 1.87. The van der Waals surface area contributed by atoms with E-state index in [1.54, 1.807) is 12.1 Å². The Morgan fingerprint density at radius 3 is 2.74 bits per heavy atom. The van der Waals surface area contributed by atoms with Crippen LogP contribution in [0.15, 0.2) is 18.2 Å². The molecule has 0 aliphatic heterocycles. The molecule has 0 atom stereocenters. The summed E-state index contributed by atoms with van der Waals surface area (Å²) in [7, 11) is 0. The van der Waals surface area contributed by atoms with Crippen LogP contribution in [0, 0.1) is 18.2 Å². The molecule has 0 aliphatic rings. The Labute approximate surface area is 113 Å². The first-order valence-electron chi connectivity index (χ1n) is 6.51. The third-order valence-corrected chi connectivity index (χ3v) is 3.11. The predicted molar refractivity (Wildman–Crippen MR) is 73.6 cm³/mol. The second-order valence-electron chi connectivity index (χ2n) is 5.66. The second-order valence-corrected chi connectivity index (χ2v) is 5.66. The Kier molecular flexibility index (Phi) is 5.48. The summed E-state index contributed by atoms with van der Waals surface area (Å²) in [6.45, 7) is 6.44. The molecule has 1 amide bonds. The summed E-state index contributed by atoms with van der Waals surface area (Å²) < 4.78 is 13.5. The zero-order valence-corrected chi connectivity index (χ0v) is 11.8. The Balaban J connectivity index is 2.62. The molecule has 0 unspecified atom stereocenters. The molecule has 0 fully saturated rings. The predicted octanol–water partition coefficient (Wildman–Crippen LogP) is 2.66. The lowest BCUT2D eigenvalue weighted by molar-refractivity contribution is 0.0929. The number of rotatable bonds is 6. The fraction of sp³-hybridized carbons (Fsp3) is 0.533. The van der Waals surface area contributed by atoms with Crippen molar-refractivity contribution in [1.29, 1.82) is 0 Å². The largest absolute Gasteiger partial charge is 0.396 e. The van der Waals surface area contributed by atoms with E-state index < -0.39 is 11.7 Å². The number of hydrogen-bond acceptors (Lipinski definition) is 2. The number of aryl methyl sites for hydroxylation is 1. The lowest BCUT2D eigenvalue weighted by atomic mass is 9.88. The van der Waals surface area contributed by atoms with E-state index >= 15 is 0 Å². The van der Waals surface area contributed by atoms with Crippen LogP contribution in [0.4, 0.5) is 4.39 Å². The van der Waals surface area contributed by atoms with E-state index in [1.807, 2.05) is 20.8 Å². The lowest BCUT2D eigenvalue weighted by Gasteiger charge is -2.24. The number of carbonyl (C=O) groups is 1. The SMILES string of the molecule is Cc1ccc(F)c(C(=O)NCC(C)(C)CCCO)c1. The minimum absolute atomic E-state index is 0.0814. The molecule has 106 valence electrons. The molecule has 3 nitrogen and oxygen atoms in total. The summed E-state index contributed by atoms with van der Waals surface area (Å²) in [5.74, 6) is -0.894. The maximum absolute atomic E-state index is 13.5. The van der Waals surface area contributed by atoms with Gasteiger partial charge >= 0.3 is 0 Å². The fourth-order valence-corrected chi connectivity index (χ4v) is 1.87. The number of benzene rings is 1. The van der Waals surface area contributed by atoms with Gasteiger partial charge in [-0.2, -0.15) is 0 Å². The van der Waals surface area contributed by atoms with Crippen molar-refractivity contribution in [2.45, 2.75) is 33.6 Å². The minimum Gasteiger partial charge on any atom is -0.396 e. The summed E-state index contributed by atoms with van der Waals surface area (Å²) >= 11 is 0. The van der Waals surface area contributed by atoms with Crippen LogP contribution in [0.25, 0.3) is 0 Å². The normalized spacial score (nSPS) is 11.4. The topological polar surface area (TPSA) is 49.3 Å². The highest BCUT2D eigenvalue weighted by molar-refractivity contribution is 5.94. The van der Waals surface area contributed by atoms with Gasteiger partial charge in [-0.1, -0.05) is 25.5 Å². The van der Waals surface area contributed by atoms with E-state index in [0.29, 0.717) is 13.0 Å². The van der Waals surface area contributed by atoms with Gasteiger partial charge in [-0.05, 0) is 37.3 Å². The molecule has 0 radical (unpaired) electrons. The van der Waals surface area contributed by atoms with Gasteiger partial charge in [0.15, 0.2) is 0 Å². The molecule has 0 bridgehead atoms. The smallest absolute Gasteiger partial charge is 0.254 e. The van der Waals surface area contributed by atoms with Gasteiger partial charge in [0.05, 0.1) is 5.56 Å². The molecule has 0 spiro atoms. The Bertz CT molecular complexity index is 444. The van der Waals surface area contributed by atoms with Crippen molar-refractivity contribution < 1.29 is 14.3 Å². The first-order valence-corrected chi connectivity index (χ1v) is 6.51. The van der Waals surface area contributed by atoms with E-state index in [9.17, 15) is 9.18 Å². The molecule has 0 aromatic heterocycles. The Morgan fingerprint density at radius 1 is 1.42 bits per heavy atom. The minimum atomic E-state index is -0.503. The molecule has 0 saturated heterocycles. The maximum Gasteiger partial charge on any atom is 0.254 e. The van der Waals surface area contributed by atoms with Gasteiger partial charge in [0.1, 0.15) is 5.82 Å². The standard InChI is InChI=1S/C15H22FNO2/c1-11-5-6-13(16)12(9-11)14(19)17-10-15(2,3)7-4-8-18/h5-6,9,18H,4,7-8,10H2,1-3H3,(H,17,19). The molecule has 0 aliphatic carbocycles. The summed E-state index contributed by atoms with van der Waals surface area (Å²) in [6.07, 6.45) is 1.50. The van der Waals surface area contributed by atoms with Crippen LogP contribution < -0.4 is 5.32 Å². The third kappa shape index (κ3) is 4.99. The summed E-state index contributed by atoms with van der Waals surface area (Å²) in [6, 6.07) is 4.49. The third-order valence-electron chi connectivity index (χ3n) is 3.11. The van der Waals surface area contributed by atoms with E-state index in [4.69, 9.17) is 5.11 Å². The van der Waals surface area contributed by atoms with E-state index in [-0.39, 0.29) is 17.6 Å². The number of amides is 1. The highest BCUT2D eigenvalue weighted by Crippen LogP contribution is 2.21. The Hall–Kier alpha value is -1.42. The molecule has 2 N–H and O–H groups in total. The second kappa shape index (κ2) is 6.66. The molecule has 4 heteroatoms. The number of hydrogen-bond donors (Lipinski definition) is 2. The van der Waals surface area contributed by atoms with Crippen molar-refractivity contribution in [3.63, 3.8) is 0 Å². The maximum atomic E-state index is 13.5. The van der Waals surface area contributed by atoms with E-state index in [0.717, 1.165) is 12.0 Å². The summed E-state index contributed by atoms with van der Waals surface area (Å²) in [4.78, 5) is 11.9. The van der Waals surface area contributed by atoms with Crippen LogP contribution in [0.2, 0.25) is 0 Å². The van der Waals surface area contributed by atoms with Crippen molar-refractivity contribution in [2.75, 3.05) is 13.2 Å². The quantitative estimate of drug-likeness (QED) is 0.832. The molecule has 0 saturated carbocycles. The molecular weight excluding hydrogens is 245 g/mol. The van der Waals surface area contributed by atoms with Crippen LogP contribution in [-0.4, -0.2) is 24.2 Å². The lowest BCUT2D eigenvalue weighted by Crippen LogP contribution is -2.34. The van der Waals surface area contributed by atoms with Gasteiger partial charge < -0.3 is 10.4 Å². The molecular formula is C15H22FNO2. The number of halogens is 1. The van der Waals surface area contributed by atoms with Crippen LogP contribution in [0.3, 0.4) is 0 Å². The molecule has 0 heterocycles. The van der Waals surface area contributed by atoms with Crippen LogP contribution in [-0.2, 0) is 0 Å². The van der Waals surface area contributed by atoms with Crippen molar-refractivity contribution in [2.24, 2.45) is 5.41 Å². The highest BCUT2D eigenvalue weighted by atomic mass is 19.1. The van der Waals surface area contributed by atoms with Crippen molar-refractivity contribution in [1.82, 2.24) is 5.32 Å². The van der Waals surface area contributed by atoms with Crippen LogP contribution >= 0.6 is 0 Å². The first-order chi connectivity index (χ1) is 8.85. The van der Waals surface area contributed by atoms with Gasteiger partial charge in [-0.3, -0.25) is 4.79 Å². The first kappa shape index (κ1) is 15.6. The molecule has 1 aromatic rings. The average molecular weight is 267 g/mol. The monoisotopic (exact) mass is 267 g/mol. The molecule has 1 rings (SSSR count). The zero-order valence-electron chi connectivity index (χ0n) is 11.8. The van der Waals surface area contributed by atoms with Crippen molar-refractivity contribution >= 4 is 5.91 Å². The van der Waals surface area contributed by atoms with E-state index in [1.165, 1.54) is 6.07 Å². The van der Waals surface area contributed by atoms with Gasteiger partial charge in [0, 0.05) is 13.2 Å².